The number of aliphatic hydroxyl groups excluding tert-OH is 1. The molecular formula is C28H37N3O3. The molecule has 1 N–H and O–H groups in total. The van der Waals surface area contributed by atoms with Crippen LogP contribution in [0, 0.1) is 0 Å². The number of ether oxygens (including phenoxy) is 2. The van der Waals surface area contributed by atoms with Gasteiger partial charge in [-0.2, -0.15) is 5.10 Å². The van der Waals surface area contributed by atoms with Crippen LogP contribution in [0.2, 0.25) is 0 Å². The molecular weight excluding hydrogens is 426 g/mol. The van der Waals surface area contributed by atoms with Crippen molar-refractivity contribution in [1.82, 2.24) is 14.7 Å². The summed E-state index contributed by atoms with van der Waals surface area (Å²) < 4.78 is 13.7. The minimum Gasteiger partial charge on any atom is -0.493 e. The van der Waals surface area contributed by atoms with Crippen molar-refractivity contribution in [3.05, 3.63) is 72.8 Å². The van der Waals surface area contributed by atoms with Crippen molar-refractivity contribution in [2.24, 2.45) is 7.05 Å². The number of nitrogens with zero attached hydrogens (tertiary/aromatic N) is 3. The van der Waals surface area contributed by atoms with Crippen LogP contribution in [-0.4, -0.2) is 45.6 Å². The van der Waals surface area contributed by atoms with Crippen molar-refractivity contribution >= 4 is 0 Å². The van der Waals surface area contributed by atoms with Gasteiger partial charge in [0.15, 0.2) is 11.5 Å². The minimum atomic E-state index is -0.428. The van der Waals surface area contributed by atoms with E-state index in [1.54, 1.807) is 11.8 Å². The van der Waals surface area contributed by atoms with Gasteiger partial charge in [-0.15, -0.1) is 6.58 Å². The van der Waals surface area contributed by atoms with E-state index in [2.05, 4.69) is 37.5 Å². The molecule has 0 amide bonds. The van der Waals surface area contributed by atoms with Gasteiger partial charge in [0.1, 0.15) is 5.69 Å². The molecule has 3 rings (SSSR count). The van der Waals surface area contributed by atoms with E-state index in [0.717, 1.165) is 29.7 Å². The molecule has 0 saturated heterocycles. The number of aromatic nitrogens is 2. The predicted molar refractivity (Wildman–Crippen MR) is 137 cm³/mol. The number of aliphatic hydroxyl groups is 1. The molecule has 0 spiro atoms. The normalized spacial score (nSPS) is 13.0. The lowest BCUT2D eigenvalue weighted by Crippen LogP contribution is -2.38. The van der Waals surface area contributed by atoms with Crippen LogP contribution in [0.4, 0.5) is 0 Å². The molecule has 0 saturated carbocycles. The molecule has 0 radical (unpaired) electrons. The monoisotopic (exact) mass is 463 g/mol. The van der Waals surface area contributed by atoms with Crippen LogP contribution in [0.1, 0.15) is 38.7 Å². The Kier molecular flexibility index (Phi) is 9.31. The first kappa shape index (κ1) is 25.5. The first-order chi connectivity index (χ1) is 16.5. The van der Waals surface area contributed by atoms with Gasteiger partial charge in [0, 0.05) is 31.7 Å². The Labute approximate surface area is 203 Å². The average Bonchev–Trinajstić information content (AvgIpc) is 3.17. The number of rotatable bonds is 13. The third kappa shape index (κ3) is 6.27. The van der Waals surface area contributed by atoms with E-state index in [4.69, 9.17) is 14.6 Å². The van der Waals surface area contributed by atoms with Crippen LogP contribution in [-0.2, 0) is 13.6 Å². The molecule has 2 atom stereocenters. The van der Waals surface area contributed by atoms with Crippen molar-refractivity contribution < 1.29 is 14.6 Å². The summed E-state index contributed by atoms with van der Waals surface area (Å²) in [4.78, 5) is 2.31. The number of benzene rings is 2. The van der Waals surface area contributed by atoms with E-state index in [-0.39, 0.29) is 6.04 Å². The summed E-state index contributed by atoms with van der Waals surface area (Å²) in [6, 6.07) is 18.0. The van der Waals surface area contributed by atoms with Gasteiger partial charge >= 0.3 is 0 Å². The predicted octanol–water partition coefficient (Wildman–Crippen LogP) is 5.82. The highest BCUT2D eigenvalue weighted by Crippen LogP contribution is 2.37. The minimum absolute atomic E-state index is 0.279. The topological polar surface area (TPSA) is 59.8 Å². The number of methoxy groups -OCH3 is 1. The zero-order valence-electron chi connectivity index (χ0n) is 20.8. The van der Waals surface area contributed by atoms with Crippen LogP contribution in [0.3, 0.4) is 0 Å². The maximum Gasteiger partial charge on any atom is 0.222 e. The lowest BCUT2D eigenvalue weighted by Gasteiger charge is -2.30. The molecule has 0 unspecified atom stereocenters. The summed E-state index contributed by atoms with van der Waals surface area (Å²) >= 11 is 0. The van der Waals surface area contributed by atoms with Gasteiger partial charge in [0.2, 0.25) is 5.88 Å². The highest BCUT2D eigenvalue weighted by molar-refractivity contribution is 5.66. The Hall–Kier alpha value is -3.09. The molecule has 2 aromatic carbocycles. The molecule has 0 aliphatic carbocycles. The van der Waals surface area contributed by atoms with E-state index in [0.29, 0.717) is 36.9 Å². The summed E-state index contributed by atoms with van der Waals surface area (Å²) in [6.07, 6.45) is 3.88. The second kappa shape index (κ2) is 12.4. The second-order valence-corrected chi connectivity index (χ2v) is 8.58. The van der Waals surface area contributed by atoms with Crippen molar-refractivity contribution in [2.45, 2.75) is 51.8 Å². The molecule has 0 fully saturated rings. The van der Waals surface area contributed by atoms with Gasteiger partial charge in [0.05, 0.1) is 18.8 Å². The Morgan fingerprint density at radius 3 is 2.44 bits per heavy atom. The fourth-order valence-corrected chi connectivity index (χ4v) is 3.99. The van der Waals surface area contributed by atoms with Gasteiger partial charge in [-0.3, -0.25) is 4.90 Å². The Morgan fingerprint density at radius 2 is 1.79 bits per heavy atom. The summed E-state index contributed by atoms with van der Waals surface area (Å²) in [5.74, 6) is 1.96. The first-order valence-electron chi connectivity index (χ1n) is 11.9. The van der Waals surface area contributed by atoms with Crippen molar-refractivity contribution in [3.63, 3.8) is 0 Å². The zero-order valence-corrected chi connectivity index (χ0v) is 20.8. The molecule has 1 aromatic heterocycles. The number of allylic oxidation sites excluding steroid dienone is 1. The van der Waals surface area contributed by atoms with Gasteiger partial charge in [-0.05, 0) is 38.3 Å². The van der Waals surface area contributed by atoms with Gasteiger partial charge in [-0.1, -0.05) is 55.5 Å². The van der Waals surface area contributed by atoms with Crippen molar-refractivity contribution in [2.75, 3.05) is 13.7 Å². The Bertz CT molecular complexity index is 1050. The van der Waals surface area contributed by atoms with Crippen molar-refractivity contribution in [1.29, 1.82) is 0 Å². The lowest BCUT2D eigenvalue weighted by atomic mass is 10.1. The van der Waals surface area contributed by atoms with Crippen LogP contribution < -0.4 is 9.47 Å². The first-order valence-corrected chi connectivity index (χ1v) is 11.9. The summed E-state index contributed by atoms with van der Waals surface area (Å²) in [6.45, 7) is 9.31. The number of aryl methyl sites for hydroxylation is 1. The Balaban J connectivity index is 2.03. The SMILES string of the molecule is C=CCC[C@H](O)CN(Cc1c(-c2ccccc2)nn(C)c1Oc1ccccc1OC)[C@H](C)CC. The van der Waals surface area contributed by atoms with Crippen LogP contribution in [0.5, 0.6) is 17.4 Å². The fraction of sp³-hybridized carbons (Fsp3) is 0.393. The quantitative estimate of drug-likeness (QED) is 0.324. The second-order valence-electron chi connectivity index (χ2n) is 8.58. The standard InChI is InChI=1S/C28H37N3O3/c1-6-8-16-23(32)19-31(21(3)7-2)20-24-27(22-14-10-9-11-15-22)29-30(4)28(24)34-26-18-13-12-17-25(26)33-5/h6,9-15,17-18,21,23,32H,1,7-8,16,19-20H2,2-5H3/t21-,23+/m1/s1. The number of hydrogen-bond donors (Lipinski definition) is 1. The third-order valence-corrected chi connectivity index (χ3v) is 6.14. The van der Waals surface area contributed by atoms with Crippen LogP contribution >= 0.6 is 0 Å². The zero-order chi connectivity index (χ0) is 24.5. The molecule has 6 heteroatoms. The Morgan fingerprint density at radius 1 is 1.12 bits per heavy atom. The van der Waals surface area contributed by atoms with E-state index in [9.17, 15) is 5.11 Å². The van der Waals surface area contributed by atoms with E-state index in [1.165, 1.54) is 0 Å². The summed E-state index contributed by atoms with van der Waals surface area (Å²) in [5, 5.41) is 15.5. The van der Waals surface area contributed by atoms with Gasteiger partial charge < -0.3 is 14.6 Å². The highest BCUT2D eigenvalue weighted by Gasteiger charge is 2.25. The maximum absolute atomic E-state index is 10.7. The number of hydrogen-bond acceptors (Lipinski definition) is 5. The van der Waals surface area contributed by atoms with Crippen LogP contribution in [0.15, 0.2) is 67.3 Å². The smallest absolute Gasteiger partial charge is 0.222 e. The molecule has 0 bridgehead atoms. The molecule has 3 aromatic rings. The highest BCUT2D eigenvalue weighted by atomic mass is 16.5. The molecule has 34 heavy (non-hydrogen) atoms. The maximum atomic E-state index is 10.7. The molecule has 0 aliphatic rings. The summed E-state index contributed by atoms with van der Waals surface area (Å²) in [7, 11) is 3.53. The van der Waals surface area contributed by atoms with Crippen molar-refractivity contribution in [3.8, 4) is 28.6 Å². The molecule has 182 valence electrons. The van der Waals surface area contributed by atoms with Gasteiger partial charge in [0.25, 0.3) is 0 Å². The summed E-state index contributed by atoms with van der Waals surface area (Å²) in [5.41, 5.74) is 2.89. The molecule has 0 aliphatic heterocycles. The molecule has 1 heterocycles. The van der Waals surface area contributed by atoms with E-state index in [1.807, 2.05) is 55.6 Å². The fourth-order valence-electron chi connectivity index (χ4n) is 3.99. The average molecular weight is 464 g/mol. The van der Waals surface area contributed by atoms with Crippen LogP contribution in [0.25, 0.3) is 11.3 Å². The number of para-hydroxylation sites is 2. The third-order valence-electron chi connectivity index (χ3n) is 6.14. The lowest BCUT2D eigenvalue weighted by molar-refractivity contribution is 0.0795. The van der Waals surface area contributed by atoms with E-state index >= 15 is 0 Å². The largest absolute Gasteiger partial charge is 0.493 e. The van der Waals surface area contributed by atoms with E-state index < -0.39 is 6.10 Å². The molecule has 6 nitrogen and oxygen atoms in total. The van der Waals surface area contributed by atoms with Gasteiger partial charge in [-0.25, -0.2) is 4.68 Å².